The molecular formula is C37H38Cl3N3O4S. The lowest BCUT2D eigenvalue weighted by molar-refractivity contribution is -0.140. The van der Waals surface area contributed by atoms with Crippen LogP contribution in [-0.2, 0) is 32.6 Å². The first kappa shape index (κ1) is 35.7. The molecule has 5 rings (SSSR count). The largest absolute Gasteiger partial charge is 0.352 e. The number of nitrogens with one attached hydrogen (secondary N) is 1. The molecule has 11 heteroatoms. The molecule has 0 unspecified atom stereocenters. The Hall–Kier alpha value is -3.56. The monoisotopic (exact) mass is 725 g/mol. The van der Waals surface area contributed by atoms with E-state index in [0.29, 0.717) is 26.2 Å². The third kappa shape index (κ3) is 8.72. The predicted molar refractivity (Wildman–Crippen MR) is 193 cm³/mol. The minimum absolute atomic E-state index is 0.00810. The summed E-state index contributed by atoms with van der Waals surface area (Å²) < 4.78 is 29.6. The molecule has 1 N–H and O–H groups in total. The second-order valence-electron chi connectivity index (χ2n) is 12.0. The predicted octanol–water partition coefficient (Wildman–Crippen LogP) is 8.24. The van der Waals surface area contributed by atoms with Gasteiger partial charge in [0.25, 0.3) is 10.0 Å². The van der Waals surface area contributed by atoms with Gasteiger partial charge in [0, 0.05) is 39.6 Å². The van der Waals surface area contributed by atoms with Gasteiger partial charge >= 0.3 is 0 Å². The van der Waals surface area contributed by atoms with Crippen molar-refractivity contribution in [1.29, 1.82) is 0 Å². The molecule has 0 radical (unpaired) electrons. The zero-order valence-electron chi connectivity index (χ0n) is 26.6. The normalized spacial score (nSPS) is 14.2. The van der Waals surface area contributed by atoms with Crippen LogP contribution in [-0.4, -0.2) is 43.8 Å². The first-order valence-corrected chi connectivity index (χ1v) is 18.5. The molecule has 1 saturated carbocycles. The first-order chi connectivity index (χ1) is 23.0. The van der Waals surface area contributed by atoms with E-state index < -0.39 is 28.5 Å². The Kier molecular flexibility index (Phi) is 12.1. The highest BCUT2D eigenvalue weighted by Gasteiger charge is 2.36. The maximum atomic E-state index is 14.8. The molecule has 7 nitrogen and oxygen atoms in total. The summed E-state index contributed by atoms with van der Waals surface area (Å²) >= 11 is 19.6. The van der Waals surface area contributed by atoms with Crippen molar-refractivity contribution >= 4 is 62.3 Å². The summed E-state index contributed by atoms with van der Waals surface area (Å²) in [5, 5.41) is 4.16. The van der Waals surface area contributed by atoms with Gasteiger partial charge in [-0.15, -0.1) is 0 Å². The summed E-state index contributed by atoms with van der Waals surface area (Å²) in [6.07, 6.45) is 5.03. The quantitative estimate of drug-likeness (QED) is 0.159. The van der Waals surface area contributed by atoms with Crippen LogP contribution in [0.5, 0.6) is 0 Å². The SMILES string of the molecule is Cc1ccc(Cl)cc1N(CC(=O)N(Cc1c(Cl)cccc1Cl)[C@@H](Cc1ccccc1)C(=O)NC1CCCCC1)S(=O)(=O)c1ccccc1. The molecule has 252 valence electrons. The number of carbonyl (C=O) groups excluding carboxylic acids is 2. The van der Waals surface area contributed by atoms with Crippen molar-refractivity contribution in [3.8, 4) is 0 Å². The van der Waals surface area contributed by atoms with Gasteiger partial charge in [0.1, 0.15) is 12.6 Å². The van der Waals surface area contributed by atoms with Gasteiger partial charge in [-0.2, -0.15) is 0 Å². The van der Waals surface area contributed by atoms with Crippen molar-refractivity contribution in [3.05, 3.63) is 129 Å². The van der Waals surface area contributed by atoms with Crippen molar-refractivity contribution in [2.24, 2.45) is 0 Å². The molecule has 0 heterocycles. The fourth-order valence-electron chi connectivity index (χ4n) is 6.04. The fourth-order valence-corrected chi connectivity index (χ4v) is 8.21. The van der Waals surface area contributed by atoms with Crippen LogP contribution in [0, 0.1) is 6.92 Å². The highest BCUT2D eigenvalue weighted by molar-refractivity contribution is 7.92. The maximum absolute atomic E-state index is 14.8. The Morgan fingerprint density at radius 2 is 1.46 bits per heavy atom. The van der Waals surface area contributed by atoms with Gasteiger partial charge < -0.3 is 10.2 Å². The van der Waals surface area contributed by atoms with Crippen LogP contribution in [0.15, 0.2) is 102 Å². The highest BCUT2D eigenvalue weighted by atomic mass is 35.5. The van der Waals surface area contributed by atoms with E-state index in [2.05, 4.69) is 5.32 Å². The van der Waals surface area contributed by atoms with Gasteiger partial charge in [0.15, 0.2) is 0 Å². The molecule has 0 aromatic heterocycles. The van der Waals surface area contributed by atoms with E-state index in [1.165, 1.54) is 23.1 Å². The zero-order valence-corrected chi connectivity index (χ0v) is 29.7. The van der Waals surface area contributed by atoms with Crippen molar-refractivity contribution < 1.29 is 18.0 Å². The zero-order chi connectivity index (χ0) is 34.3. The van der Waals surface area contributed by atoms with E-state index >= 15 is 0 Å². The van der Waals surface area contributed by atoms with Crippen molar-refractivity contribution in [2.75, 3.05) is 10.8 Å². The molecular weight excluding hydrogens is 689 g/mol. The highest BCUT2D eigenvalue weighted by Crippen LogP contribution is 2.32. The third-order valence-electron chi connectivity index (χ3n) is 8.66. The van der Waals surface area contributed by atoms with Gasteiger partial charge in [0.05, 0.1) is 10.6 Å². The van der Waals surface area contributed by atoms with Crippen LogP contribution in [0.25, 0.3) is 0 Å². The second-order valence-corrected chi connectivity index (χ2v) is 15.1. The minimum Gasteiger partial charge on any atom is -0.352 e. The van der Waals surface area contributed by atoms with E-state index in [4.69, 9.17) is 34.8 Å². The molecule has 1 fully saturated rings. The van der Waals surface area contributed by atoms with Crippen LogP contribution >= 0.6 is 34.8 Å². The van der Waals surface area contributed by atoms with E-state index in [9.17, 15) is 18.0 Å². The fraction of sp³-hybridized carbons (Fsp3) is 0.297. The van der Waals surface area contributed by atoms with E-state index in [-0.39, 0.29) is 35.5 Å². The number of aryl methyl sites for hydroxylation is 1. The molecule has 0 spiro atoms. The molecule has 0 aliphatic heterocycles. The third-order valence-corrected chi connectivity index (χ3v) is 11.4. The molecule has 1 atom stereocenters. The standard InChI is InChI=1S/C37H38Cl3N3O4S/c1-26-20-21-28(38)23-34(26)43(48(46,47)30-16-9-4-10-17-30)25-36(44)42(24-31-32(39)18-11-19-33(31)40)35(22-27-12-5-2-6-13-27)37(45)41-29-14-7-3-8-15-29/h2,4-6,9-13,16-21,23,29,35H,3,7-8,14-15,22,24-25H2,1H3,(H,41,45)/t35-/m0/s1. The Bertz CT molecular complexity index is 1820. The van der Waals surface area contributed by atoms with E-state index in [0.717, 1.165) is 42.0 Å². The number of hydrogen-bond acceptors (Lipinski definition) is 4. The summed E-state index contributed by atoms with van der Waals surface area (Å²) in [6.45, 7) is 1.02. The summed E-state index contributed by atoms with van der Waals surface area (Å²) in [5.74, 6) is -0.928. The lowest BCUT2D eigenvalue weighted by Gasteiger charge is -2.35. The van der Waals surface area contributed by atoms with Crippen LogP contribution in [0.3, 0.4) is 0 Å². The number of anilines is 1. The maximum Gasteiger partial charge on any atom is 0.264 e. The van der Waals surface area contributed by atoms with Crippen LogP contribution < -0.4 is 9.62 Å². The van der Waals surface area contributed by atoms with Crippen molar-refractivity contribution in [3.63, 3.8) is 0 Å². The molecule has 2 amide bonds. The molecule has 48 heavy (non-hydrogen) atoms. The number of sulfonamides is 1. The Morgan fingerprint density at radius 3 is 2.10 bits per heavy atom. The summed E-state index contributed by atoms with van der Waals surface area (Å²) in [6, 6.07) is 26.2. The number of benzene rings is 4. The Morgan fingerprint density at radius 1 is 0.833 bits per heavy atom. The molecule has 1 aliphatic rings. The molecule has 4 aromatic carbocycles. The smallest absolute Gasteiger partial charge is 0.264 e. The number of carbonyl (C=O) groups is 2. The van der Waals surface area contributed by atoms with Gasteiger partial charge in [-0.05, 0) is 67.3 Å². The number of hydrogen-bond donors (Lipinski definition) is 1. The number of amides is 2. The second kappa shape index (κ2) is 16.2. The van der Waals surface area contributed by atoms with Gasteiger partial charge in [-0.1, -0.05) is 115 Å². The average molecular weight is 727 g/mol. The van der Waals surface area contributed by atoms with Crippen molar-refractivity contribution in [1.82, 2.24) is 10.2 Å². The molecule has 1 aliphatic carbocycles. The lowest BCUT2D eigenvalue weighted by atomic mass is 9.94. The molecule has 4 aromatic rings. The number of halogens is 3. The number of rotatable bonds is 12. The van der Waals surface area contributed by atoms with E-state index in [1.54, 1.807) is 55.5 Å². The lowest BCUT2D eigenvalue weighted by Crippen LogP contribution is -2.55. The van der Waals surface area contributed by atoms with Crippen molar-refractivity contribution in [2.45, 2.75) is 69.0 Å². The Balaban J connectivity index is 1.61. The average Bonchev–Trinajstić information content (AvgIpc) is 3.08. The summed E-state index contributed by atoms with van der Waals surface area (Å²) in [4.78, 5) is 30.5. The first-order valence-electron chi connectivity index (χ1n) is 15.9. The summed E-state index contributed by atoms with van der Waals surface area (Å²) in [7, 11) is -4.26. The molecule has 0 saturated heterocycles. The minimum atomic E-state index is -4.26. The van der Waals surface area contributed by atoms with Crippen LogP contribution in [0.4, 0.5) is 5.69 Å². The Labute approximate surface area is 297 Å². The van der Waals surface area contributed by atoms with Crippen LogP contribution in [0.2, 0.25) is 15.1 Å². The van der Waals surface area contributed by atoms with Crippen LogP contribution in [0.1, 0.15) is 48.8 Å². The van der Waals surface area contributed by atoms with E-state index in [1.807, 2.05) is 30.3 Å². The van der Waals surface area contributed by atoms with Gasteiger partial charge in [-0.25, -0.2) is 8.42 Å². The van der Waals surface area contributed by atoms with Gasteiger partial charge in [-0.3, -0.25) is 13.9 Å². The van der Waals surface area contributed by atoms with Gasteiger partial charge in [0.2, 0.25) is 11.8 Å². The topological polar surface area (TPSA) is 86.8 Å². The molecule has 0 bridgehead atoms. The number of nitrogens with zero attached hydrogens (tertiary/aromatic N) is 2. The summed E-state index contributed by atoms with van der Waals surface area (Å²) in [5.41, 5.74) is 2.14.